The van der Waals surface area contributed by atoms with E-state index in [1.165, 1.54) is 0 Å². The van der Waals surface area contributed by atoms with Gasteiger partial charge in [0.15, 0.2) is 0 Å². The molecule has 1 amide bonds. The number of pyridine rings is 1. The Morgan fingerprint density at radius 3 is 2.76 bits per heavy atom. The van der Waals surface area contributed by atoms with Crippen molar-refractivity contribution in [3.05, 3.63) is 77.4 Å². The lowest BCUT2D eigenvalue weighted by molar-refractivity contribution is 0.0544. The first kappa shape index (κ1) is 21.7. The molecule has 4 aromatic rings. The number of nitrogens with one attached hydrogen (secondary N) is 2. The second kappa shape index (κ2) is 8.33. The molecule has 3 aromatic heterocycles. The quantitative estimate of drug-likeness (QED) is 0.441. The van der Waals surface area contributed by atoms with Crippen LogP contribution in [0.25, 0.3) is 34.3 Å². The average Bonchev–Trinajstić information content (AvgIpc) is 3.40. The molecule has 0 spiro atoms. The molecule has 7 nitrogen and oxygen atoms in total. The number of fused-ring (bicyclic) bond motifs is 2. The predicted molar refractivity (Wildman–Crippen MR) is 133 cm³/mol. The van der Waals surface area contributed by atoms with Gasteiger partial charge in [0, 0.05) is 53.3 Å². The third-order valence-corrected chi connectivity index (χ3v) is 5.66. The first-order valence-electron chi connectivity index (χ1n) is 11.3. The summed E-state index contributed by atoms with van der Waals surface area (Å²) < 4.78 is 7.11. The number of aromatic amines is 1. The van der Waals surface area contributed by atoms with Crippen molar-refractivity contribution in [2.75, 3.05) is 6.54 Å². The third kappa shape index (κ3) is 4.24. The molecule has 34 heavy (non-hydrogen) atoms. The third-order valence-electron chi connectivity index (χ3n) is 5.66. The van der Waals surface area contributed by atoms with Gasteiger partial charge in [-0.05, 0) is 51.1 Å². The van der Waals surface area contributed by atoms with Gasteiger partial charge in [0.25, 0.3) is 5.91 Å². The summed E-state index contributed by atoms with van der Waals surface area (Å²) in [5.41, 5.74) is 5.36. The summed E-state index contributed by atoms with van der Waals surface area (Å²) in [6, 6.07) is 13.5. The molecule has 0 aliphatic carbocycles. The Morgan fingerprint density at radius 2 is 1.97 bits per heavy atom. The van der Waals surface area contributed by atoms with Gasteiger partial charge >= 0.3 is 6.09 Å². The summed E-state index contributed by atoms with van der Waals surface area (Å²) in [6.07, 6.45) is 7.78. The fourth-order valence-electron chi connectivity index (χ4n) is 4.13. The first-order valence-corrected chi connectivity index (χ1v) is 11.3. The largest absolute Gasteiger partial charge is 0.443 e. The molecule has 0 saturated heterocycles. The summed E-state index contributed by atoms with van der Waals surface area (Å²) >= 11 is 0. The van der Waals surface area contributed by atoms with Crippen LogP contribution >= 0.6 is 0 Å². The van der Waals surface area contributed by atoms with Crippen LogP contribution in [-0.4, -0.2) is 38.7 Å². The number of hydrogen-bond donors (Lipinski definition) is 2. The molecule has 0 atom stereocenters. The normalized spacial score (nSPS) is 13.8. The van der Waals surface area contributed by atoms with Crippen molar-refractivity contribution in [3.63, 3.8) is 0 Å². The fourth-order valence-corrected chi connectivity index (χ4v) is 4.13. The van der Waals surface area contributed by atoms with Gasteiger partial charge in [-0.15, -0.1) is 0 Å². The molecule has 1 aliphatic rings. The standard InChI is InChI=1S/C27H26N4O3/c1-27(2,3)34-26(33)31-16-18(20-6-4-5-7-24(20)31)8-9-19-14-17(10-12-28-19)23-15-21-22(30-23)11-13-29-25(21)32/h4-10,12,14-16,30H,11,13H2,1-3H3,(H,29,32)/b9-8+. The Hall–Kier alpha value is -4.13. The molecule has 0 saturated carbocycles. The van der Waals surface area contributed by atoms with Gasteiger partial charge in [0.1, 0.15) is 5.60 Å². The van der Waals surface area contributed by atoms with Crippen molar-refractivity contribution >= 4 is 35.1 Å². The second-order valence-corrected chi connectivity index (χ2v) is 9.34. The van der Waals surface area contributed by atoms with Gasteiger partial charge in [-0.1, -0.05) is 24.3 Å². The summed E-state index contributed by atoms with van der Waals surface area (Å²) in [5.74, 6) is -0.0423. The van der Waals surface area contributed by atoms with Crippen molar-refractivity contribution in [1.29, 1.82) is 0 Å². The van der Waals surface area contributed by atoms with Crippen LogP contribution in [-0.2, 0) is 11.2 Å². The van der Waals surface area contributed by atoms with E-state index in [-0.39, 0.29) is 5.91 Å². The maximum absolute atomic E-state index is 12.7. The van der Waals surface area contributed by atoms with E-state index >= 15 is 0 Å². The number of rotatable bonds is 3. The number of amides is 1. The molecule has 0 radical (unpaired) electrons. The van der Waals surface area contributed by atoms with E-state index in [0.29, 0.717) is 12.1 Å². The molecular formula is C27H26N4O3. The summed E-state index contributed by atoms with van der Waals surface area (Å²) in [5, 5.41) is 3.82. The monoisotopic (exact) mass is 454 g/mol. The number of aromatic nitrogens is 3. The van der Waals surface area contributed by atoms with Crippen LogP contribution in [0.15, 0.2) is 54.9 Å². The Balaban J connectivity index is 1.46. The molecule has 7 heteroatoms. The lowest BCUT2D eigenvalue weighted by Crippen LogP contribution is -2.31. The van der Waals surface area contributed by atoms with Crippen LogP contribution < -0.4 is 5.32 Å². The van der Waals surface area contributed by atoms with E-state index in [4.69, 9.17) is 4.74 Å². The average molecular weight is 455 g/mol. The molecule has 1 aliphatic heterocycles. The Labute approximate surface area is 197 Å². The highest BCUT2D eigenvalue weighted by Crippen LogP contribution is 2.27. The number of benzene rings is 1. The summed E-state index contributed by atoms with van der Waals surface area (Å²) in [6.45, 7) is 6.20. The molecule has 0 bridgehead atoms. The highest BCUT2D eigenvalue weighted by atomic mass is 16.6. The first-order chi connectivity index (χ1) is 16.3. The minimum atomic E-state index is -0.583. The van der Waals surface area contributed by atoms with E-state index in [2.05, 4.69) is 15.3 Å². The molecular weight excluding hydrogens is 428 g/mol. The summed E-state index contributed by atoms with van der Waals surface area (Å²) in [4.78, 5) is 32.7. The Kier molecular flexibility index (Phi) is 5.32. The van der Waals surface area contributed by atoms with Crippen molar-refractivity contribution in [2.45, 2.75) is 32.8 Å². The number of ether oxygens (including phenoxy) is 1. The number of H-pyrrole nitrogens is 1. The SMILES string of the molecule is CC(C)(C)OC(=O)n1cc(/C=C/c2cc(-c3cc4c([nH]3)CCNC4=O)ccn2)c2ccccc21. The second-order valence-electron chi connectivity index (χ2n) is 9.34. The van der Waals surface area contributed by atoms with Gasteiger partial charge < -0.3 is 15.0 Å². The van der Waals surface area contributed by atoms with Gasteiger partial charge in [-0.2, -0.15) is 0 Å². The van der Waals surface area contributed by atoms with Gasteiger partial charge in [0.05, 0.1) is 16.8 Å². The molecule has 0 fully saturated rings. The number of hydrogen-bond acceptors (Lipinski definition) is 4. The number of carbonyl (C=O) groups is 2. The number of para-hydroxylation sites is 1. The zero-order valence-corrected chi connectivity index (χ0v) is 19.4. The van der Waals surface area contributed by atoms with Crippen LogP contribution in [0.5, 0.6) is 0 Å². The highest BCUT2D eigenvalue weighted by Gasteiger charge is 2.21. The van der Waals surface area contributed by atoms with Crippen LogP contribution in [0.2, 0.25) is 0 Å². The van der Waals surface area contributed by atoms with Gasteiger partial charge in [0.2, 0.25) is 0 Å². The number of carbonyl (C=O) groups excluding carboxylic acids is 2. The zero-order valence-electron chi connectivity index (χ0n) is 19.4. The Morgan fingerprint density at radius 1 is 1.15 bits per heavy atom. The predicted octanol–water partition coefficient (Wildman–Crippen LogP) is 5.27. The van der Waals surface area contributed by atoms with Crippen LogP contribution in [0.4, 0.5) is 4.79 Å². The Bertz CT molecular complexity index is 1440. The lowest BCUT2D eigenvalue weighted by Gasteiger charge is -2.19. The smallest absolute Gasteiger partial charge is 0.419 e. The van der Waals surface area contributed by atoms with E-state index < -0.39 is 11.7 Å². The minimum Gasteiger partial charge on any atom is -0.443 e. The lowest BCUT2D eigenvalue weighted by atomic mass is 10.1. The van der Waals surface area contributed by atoms with Crippen LogP contribution in [0.1, 0.15) is 48.1 Å². The highest BCUT2D eigenvalue weighted by molar-refractivity contribution is 5.98. The zero-order chi connectivity index (χ0) is 23.9. The van der Waals surface area contributed by atoms with E-state index in [1.54, 1.807) is 17.0 Å². The van der Waals surface area contributed by atoms with Crippen molar-refractivity contribution in [3.8, 4) is 11.3 Å². The molecule has 172 valence electrons. The van der Waals surface area contributed by atoms with Crippen molar-refractivity contribution < 1.29 is 14.3 Å². The fraction of sp³-hybridized carbons (Fsp3) is 0.222. The van der Waals surface area contributed by atoms with Crippen molar-refractivity contribution in [2.24, 2.45) is 0 Å². The molecule has 2 N–H and O–H groups in total. The van der Waals surface area contributed by atoms with Crippen LogP contribution in [0, 0.1) is 0 Å². The number of nitrogens with zero attached hydrogens (tertiary/aromatic N) is 2. The topological polar surface area (TPSA) is 89.0 Å². The van der Waals surface area contributed by atoms with E-state index in [0.717, 1.165) is 45.5 Å². The molecule has 4 heterocycles. The molecule has 5 rings (SSSR count). The summed E-state index contributed by atoms with van der Waals surface area (Å²) in [7, 11) is 0. The van der Waals surface area contributed by atoms with Crippen molar-refractivity contribution in [1.82, 2.24) is 19.9 Å². The maximum Gasteiger partial charge on any atom is 0.419 e. The molecule has 1 aromatic carbocycles. The van der Waals surface area contributed by atoms with Crippen LogP contribution in [0.3, 0.4) is 0 Å². The molecule has 0 unspecified atom stereocenters. The maximum atomic E-state index is 12.7. The van der Waals surface area contributed by atoms with E-state index in [1.807, 2.05) is 75.4 Å². The van der Waals surface area contributed by atoms with Gasteiger partial charge in [-0.3, -0.25) is 14.3 Å². The van der Waals surface area contributed by atoms with Gasteiger partial charge in [-0.25, -0.2) is 4.79 Å². The minimum absolute atomic E-state index is 0.0423. The van der Waals surface area contributed by atoms with E-state index in [9.17, 15) is 9.59 Å².